The lowest BCUT2D eigenvalue weighted by molar-refractivity contribution is 0.0183. The number of ether oxygens (including phenoxy) is 2. The number of anilines is 1. The third-order valence-corrected chi connectivity index (χ3v) is 7.74. The normalized spacial score (nSPS) is 17.2. The van der Waals surface area contributed by atoms with Crippen molar-refractivity contribution in [3.63, 3.8) is 0 Å². The van der Waals surface area contributed by atoms with Crippen molar-refractivity contribution in [2.24, 2.45) is 0 Å². The van der Waals surface area contributed by atoms with E-state index in [2.05, 4.69) is 22.1 Å². The van der Waals surface area contributed by atoms with Crippen LogP contribution in [0.15, 0.2) is 23.0 Å². The molecule has 1 aromatic carbocycles. The van der Waals surface area contributed by atoms with Gasteiger partial charge in [-0.25, -0.2) is 4.79 Å². The molecule has 40 heavy (non-hydrogen) atoms. The number of nitrogens with one attached hydrogen (secondary N) is 2. The van der Waals surface area contributed by atoms with Crippen molar-refractivity contribution in [3.8, 4) is 5.75 Å². The molecule has 1 fully saturated rings. The van der Waals surface area contributed by atoms with Gasteiger partial charge in [0.2, 0.25) is 0 Å². The first-order valence-corrected chi connectivity index (χ1v) is 14.1. The smallest absolute Gasteiger partial charge is 0.410 e. The number of methoxy groups -OCH3 is 1. The van der Waals surface area contributed by atoms with Gasteiger partial charge in [-0.1, -0.05) is 0 Å². The van der Waals surface area contributed by atoms with E-state index in [1.165, 1.54) is 0 Å². The van der Waals surface area contributed by atoms with Gasteiger partial charge in [0.15, 0.2) is 0 Å². The Hall–Kier alpha value is -3.49. The quantitative estimate of drug-likeness (QED) is 0.462. The van der Waals surface area contributed by atoms with Gasteiger partial charge in [-0.3, -0.25) is 9.59 Å². The Kier molecular flexibility index (Phi) is 9.92. The zero-order valence-electron chi connectivity index (χ0n) is 25.6. The van der Waals surface area contributed by atoms with E-state index in [-0.39, 0.29) is 36.2 Å². The van der Waals surface area contributed by atoms with Crippen LogP contribution in [0, 0.1) is 20.8 Å². The summed E-state index contributed by atoms with van der Waals surface area (Å²) in [6.07, 6.45) is 3.29. The molecule has 0 bridgehead atoms. The average Bonchev–Trinajstić information content (AvgIpc) is 2.88. The highest BCUT2D eigenvalue weighted by Crippen LogP contribution is 2.35. The standard InChI is InChI=1S/C31H46N4O5/c1-10-35(23-13-11-22(12-14-23)34(8)30(38)40-31(5,6)7)27-17-24(39-9)16-25(21(27)4)28(36)32-18-26-19(2)15-20(3)33-29(26)37/h15-17,22-23H,10-14,18H2,1-9H3,(H,32,36)(H,33,37)/t22-,23-. The van der Waals surface area contributed by atoms with Gasteiger partial charge in [-0.15, -0.1) is 0 Å². The van der Waals surface area contributed by atoms with Crippen LogP contribution in [0.2, 0.25) is 0 Å². The largest absolute Gasteiger partial charge is 0.497 e. The Bertz CT molecular complexity index is 1270. The fourth-order valence-electron chi connectivity index (χ4n) is 5.56. The monoisotopic (exact) mass is 554 g/mol. The van der Waals surface area contributed by atoms with Gasteiger partial charge in [0.05, 0.1) is 7.11 Å². The highest BCUT2D eigenvalue weighted by molar-refractivity contribution is 5.97. The number of aryl methyl sites for hydroxylation is 2. The van der Waals surface area contributed by atoms with Crippen LogP contribution in [0.4, 0.5) is 10.5 Å². The second-order valence-electron chi connectivity index (χ2n) is 11.8. The van der Waals surface area contributed by atoms with Crippen molar-refractivity contribution in [2.75, 3.05) is 25.6 Å². The number of H-pyrrole nitrogens is 1. The fraction of sp³-hybridized carbons (Fsp3) is 0.581. The summed E-state index contributed by atoms with van der Waals surface area (Å²) in [5.41, 5.74) is 3.81. The maximum atomic E-state index is 13.4. The zero-order valence-corrected chi connectivity index (χ0v) is 25.6. The molecule has 1 aromatic heterocycles. The van der Waals surface area contributed by atoms with Crippen molar-refractivity contribution in [1.29, 1.82) is 0 Å². The van der Waals surface area contributed by atoms with Crippen molar-refractivity contribution in [2.45, 2.75) is 98.4 Å². The number of pyridine rings is 1. The molecule has 1 saturated carbocycles. The van der Waals surface area contributed by atoms with E-state index in [1.807, 2.05) is 60.7 Å². The van der Waals surface area contributed by atoms with E-state index in [1.54, 1.807) is 18.1 Å². The van der Waals surface area contributed by atoms with Crippen molar-refractivity contribution < 1.29 is 19.1 Å². The van der Waals surface area contributed by atoms with Crippen LogP contribution in [0.25, 0.3) is 0 Å². The molecular formula is C31H46N4O5. The van der Waals surface area contributed by atoms with Crippen LogP contribution in [-0.2, 0) is 11.3 Å². The molecule has 9 nitrogen and oxygen atoms in total. The van der Waals surface area contributed by atoms with Gasteiger partial charge in [-0.2, -0.15) is 0 Å². The number of carbonyl (C=O) groups excluding carboxylic acids is 2. The Morgan fingerprint density at radius 1 is 1.05 bits per heavy atom. The molecule has 0 aliphatic heterocycles. The summed E-state index contributed by atoms with van der Waals surface area (Å²) in [4.78, 5) is 45.3. The lowest BCUT2D eigenvalue weighted by atomic mass is 9.88. The summed E-state index contributed by atoms with van der Waals surface area (Å²) in [5.74, 6) is 0.350. The molecule has 0 spiro atoms. The SMILES string of the molecule is CCN(c1cc(OC)cc(C(=O)NCc2c(C)cc(C)[nH]c2=O)c1C)[C@H]1CC[C@H](N(C)C(=O)OC(C)(C)C)CC1. The number of rotatable bonds is 8. The number of aromatic amines is 1. The first-order chi connectivity index (χ1) is 18.7. The molecule has 2 amide bonds. The molecule has 0 unspecified atom stereocenters. The predicted octanol–water partition coefficient (Wildman–Crippen LogP) is 5.24. The Morgan fingerprint density at radius 2 is 1.68 bits per heavy atom. The molecule has 2 aromatic rings. The maximum absolute atomic E-state index is 13.4. The first kappa shape index (κ1) is 31.0. The number of hydrogen-bond acceptors (Lipinski definition) is 6. The van der Waals surface area contributed by atoms with Crippen LogP contribution in [0.3, 0.4) is 0 Å². The van der Waals surface area contributed by atoms with Crippen LogP contribution in [0.1, 0.15) is 86.1 Å². The number of carbonyl (C=O) groups is 2. The molecule has 1 heterocycles. The molecule has 1 aliphatic rings. The Balaban J connectivity index is 1.77. The second kappa shape index (κ2) is 12.8. The lowest BCUT2D eigenvalue weighted by Crippen LogP contribution is -2.46. The van der Waals surface area contributed by atoms with E-state index < -0.39 is 5.60 Å². The Labute approximate surface area is 238 Å². The minimum absolute atomic E-state index is 0.130. The van der Waals surface area contributed by atoms with Gasteiger partial charge in [0.1, 0.15) is 11.4 Å². The number of nitrogens with zero attached hydrogens (tertiary/aromatic N) is 2. The minimum atomic E-state index is -0.524. The summed E-state index contributed by atoms with van der Waals surface area (Å²) >= 11 is 0. The molecule has 0 saturated heterocycles. The first-order valence-electron chi connectivity index (χ1n) is 14.1. The lowest BCUT2D eigenvalue weighted by Gasteiger charge is -2.41. The summed E-state index contributed by atoms with van der Waals surface area (Å²) in [6, 6.07) is 6.04. The molecule has 9 heteroatoms. The van der Waals surface area contributed by atoms with E-state index in [4.69, 9.17) is 9.47 Å². The average molecular weight is 555 g/mol. The number of amides is 2. The third-order valence-electron chi connectivity index (χ3n) is 7.74. The number of benzene rings is 1. The van der Waals surface area contributed by atoms with Crippen molar-refractivity contribution in [1.82, 2.24) is 15.2 Å². The van der Waals surface area contributed by atoms with E-state index in [0.29, 0.717) is 16.9 Å². The molecule has 1 aliphatic carbocycles. The van der Waals surface area contributed by atoms with Crippen LogP contribution < -0.4 is 20.5 Å². The van der Waals surface area contributed by atoms with E-state index >= 15 is 0 Å². The fourth-order valence-corrected chi connectivity index (χ4v) is 5.56. The molecule has 3 rings (SSSR count). The van der Waals surface area contributed by atoms with Crippen LogP contribution in [0.5, 0.6) is 5.75 Å². The molecule has 0 radical (unpaired) electrons. The van der Waals surface area contributed by atoms with Crippen LogP contribution in [-0.4, -0.2) is 60.3 Å². The summed E-state index contributed by atoms with van der Waals surface area (Å²) in [7, 11) is 3.42. The highest BCUT2D eigenvalue weighted by Gasteiger charge is 2.32. The zero-order chi connectivity index (χ0) is 29.8. The molecule has 220 valence electrons. The maximum Gasteiger partial charge on any atom is 0.410 e. The molecule has 0 atom stereocenters. The van der Waals surface area contributed by atoms with Gasteiger partial charge in [-0.05, 0) is 97.4 Å². The van der Waals surface area contributed by atoms with Gasteiger partial charge in [0, 0.05) is 60.8 Å². The highest BCUT2D eigenvalue weighted by atomic mass is 16.6. The summed E-state index contributed by atoms with van der Waals surface area (Å²) in [6.45, 7) is 14.3. The topological polar surface area (TPSA) is 104 Å². The van der Waals surface area contributed by atoms with E-state index in [9.17, 15) is 14.4 Å². The predicted molar refractivity (Wildman–Crippen MR) is 158 cm³/mol. The van der Waals surface area contributed by atoms with E-state index in [0.717, 1.165) is 54.7 Å². The van der Waals surface area contributed by atoms with Crippen LogP contribution >= 0.6 is 0 Å². The molecule has 2 N–H and O–H groups in total. The van der Waals surface area contributed by atoms with Crippen molar-refractivity contribution in [3.05, 3.63) is 56.5 Å². The van der Waals surface area contributed by atoms with Crippen molar-refractivity contribution >= 4 is 17.7 Å². The van der Waals surface area contributed by atoms with Gasteiger partial charge in [0.25, 0.3) is 11.5 Å². The summed E-state index contributed by atoms with van der Waals surface area (Å²) in [5, 5.41) is 2.93. The second-order valence-corrected chi connectivity index (χ2v) is 11.8. The van der Waals surface area contributed by atoms with Gasteiger partial charge < -0.3 is 29.6 Å². The third kappa shape index (κ3) is 7.37. The number of aromatic nitrogens is 1. The Morgan fingerprint density at radius 3 is 2.23 bits per heavy atom. The summed E-state index contributed by atoms with van der Waals surface area (Å²) < 4.78 is 11.2. The molecular weight excluding hydrogens is 508 g/mol. The number of hydrogen-bond donors (Lipinski definition) is 2. The van der Waals surface area contributed by atoms with Gasteiger partial charge >= 0.3 is 6.09 Å². The minimum Gasteiger partial charge on any atom is -0.497 e.